The molecule has 0 radical (unpaired) electrons. The first kappa shape index (κ1) is 22.0. The van der Waals surface area contributed by atoms with E-state index in [9.17, 15) is 0 Å². The quantitative estimate of drug-likeness (QED) is 0.373. The first-order valence-electron chi connectivity index (χ1n) is 9.08. The molecule has 1 saturated heterocycles. The van der Waals surface area contributed by atoms with Crippen molar-refractivity contribution in [2.75, 3.05) is 33.3 Å². The van der Waals surface area contributed by atoms with Gasteiger partial charge in [0.15, 0.2) is 5.96 Å². The van der Waals surface area contributed by atoms with Gasteiger partial charge in [0.1, 0.15) is 5.75 Å². The van der Waals surface area contributed by atoms with Crippen molar-refractivity contribution in [3.8, 4) is 5.75 Å². The molecule has 0 bridgehead atoms. The summed E-state index contributed by atoms with van der Waals surface area (Å²) in [6, 6.07) is 6.94. The summed E-state index contributed by atoms with van der Waals surface area (Å²) >= 11 is 0. The molecule has 1 heterocycles. The third kappa shape index (κ3) is 6.66. The number of guanidine groups is 1. The number of likely N-dealkylation sites (N-methyl/N-ethyl adjacent to an activating group) is 1. The van der Waals surface area contributed by atoms with E-state index < -0.39 is 0 Å². The molecule has 0 saturated carbocycles. The van der Waals surface area contributed by atoms with Gasteiger partial charge in [-0.25, -0.2) is 0 Å². The molecule has 0 aliphatic carbocycles. The zero-order valence-electron chi connectivity index (χ0n) is 16.0. The normalized spacial score (nSPS) is 17.9. The Morgan fingerprint density at radius 2 is 2.12 bits per heavy atom. The summed E-state index contributed by atoms with van der Waals surface area (Å²) in [5.41, 5.74) is 2.40. The Labute approximate surface area is 169 Å². The van der Waals surface area contributed by atoms with E-state index in [4.69, 9.17) is 4.74 Å². The summed E-state index contributed by atoms with van der Waals surface area (Å²) in [6.45, 7) is 11.1. The lowest BCUT2D eigenvalue weighted by Gasteiger charge is -2.24. The van der Waals surface area contributed by atoms with Gasteiger partial charge in [0.2, 0.25) is 0 Å². The largest absolute Gasteiger partial charge is 0.494 e. The number of hydrogen-bond donors (Lipinski definition) is 2. The van der Waals surface area contributed by atoms with Gasteiger partial charge >= 0.3 is 0 Å². The molecule has 1 atom stereocenters. The van der Waals surface area contributed by atoms with Gasteiger partial charge in [0, 0.05) is 26.2 Å². The van der Waals surface area contributed by atoms with Crippen LogP contribution in [0.2, 0.25) is 0 Å². The van der Waals surface area contributed by atoms with E-state index in [-0.39, 0.29) is 24.0 Å². The third-order valence-corrected chi connectivity index (χ3v) is 4.63. The summed E-state index contributed by atoms with van der Waals surface area (Å²) in [7, 11) is 1.82. The molecule has 2 N–H and O–H groups in total. The molecule has 142 valence electrons. The summed E-state index contributed by atoms with van der Waals surface area (Å²) in [5.74, 6) is 1.83. The van der Waals surface area contributed by atoms with Crippen LogP contribution in [0.4, 0.5) is 0 Å². The van der Waals surface area contributed by atoms with Crippen molar-refractivity contribution in [2.45, 2.75) is 46.2 Å². The van der Waals surface area contributed by atoms with Crippen molar-refractivity contribution in [1.82, 2.24) is 15.5 Å². The van der Waals surface area contributed by atoms with Crippen LogP contribution in [0.5, 0.6) is 5.75 Å². The second-order valence-electron chi connectivity index (χ2n) is 6.26. The fourth-order valence-electron chi connectivity index (χ4n) is 3.30. The number of benzene rings is 1. The zero-order chi connectivity index (χ0) is 17.4. The predicted molar refractivity (Wildman–Crippen MR) is 116 cm³/mol. The molecule has 1 unspecified atom stereocenters. The number of nitrogens with zero attached hydrogens (tertiary/aromatic N) is 2. The monoisotopic (exact) mass is 460 g/mol. The fraction of sp³-hybridized carbons (Fsp3) is 0.632. The first-order valence-corrected chi connectivity index (χ1v) is 9.08. The highest BCUT2D eigenvalue weighted by Gasteiger charge is 2.22. The highest BCUT2D eigenvalue weighted by molar-refractivity contribution is 14.0. The Bertz CT molecular complexity index is 550. The zero-order valence-corrected chi connectivity index (χ0v) is 18.3. The van der Waals surface area contributed by atoms with Gasteiger partial charge in [0.05, 0.1) is 6.61 Å². The number of rotatable bonds is 7. The molecule has 6 heteroatoms. The molecule has 1 fully saturated rings. The molecule has 1 aliphatic rings. The molecule has 2 rings (SSSR count). The van der Waals surface area contributed by atoms with E-state index in [1.165, 1.54) is 30.5 Å². The Morgan fingerprint density at radius 1 is 1.32 bits per heavy atom. The topological polar surface area (TPSA) is 48.9 Å². The van der Waals surface area contributed by atoms with Crippen molar-refractivity contribution >= 4 is 29.9 Å². The standard InChI is InChI=1S/C19H32N4O.HI/c1-5-23-11-7-8-17(23)14-22-19(20-4)21-13-16-9-10-18(24-6-2)15(3)12-16;/h9-10,12,17H,5-8,11,13-14H2,1-4H3,(H2,20,21,22);1H. The van der Waals surface area contributed by atoms with Gasteiger partial charge in [-0.15, -0.1) is 24.0 Å². The number of likely N-dealkylation sites (tertiary alicyclic amines) is 1. The molecule has 0 aromatic heterocycles. The summed E-state index contributed by atoms with van der Waals surface area (Å²) in [6.07, 6.45) is 2.58. The summed E-state index contributed by atoms with van der Waals surface area (Å²) in [5, 5.41) is 6.87. The first-order chi connectivity index (χ1) is 11.7. The molecule has 1 aromatic rings. The van der Waals surface area contributed by atoms with Gasteiger partial charge in [-0.2, -0.15) is 0 Å². The summed E-state index contributed by atoms with van der Waals surface area (Å²) in [4.78, 5) is 6.87. The SMILES string of the molecule is CCOc1ccc(CNC(=NC)NCC2CCCN2CC)cc1C.I. The van der Waals surface area contributed by atoms with E-state index in [2.05, 4.69) is 46.5 Å². The van der Waals surface area contributed by atoms with E-state index in [1.54, 1.807) is 0 Å². The molecular formula is C19H33IN4O. The van der Waals surface area contributed by atoms with Crippen molar-refractivity contribution in [1.29, 1.82) is 0 Å². The maximum Gasteiger partial charge on any atom is 0.191 e. The smallest absolute Gasteiger partial charge is 0.191 e. The lowest BCUT2D eigenvalue weighted by Crippen LogP contribution is -2.44. The Morgan fingerprint density at radius 3 is 2.76 bits per heavy atom. The van der Waals surface area contributed by atoms with Crippen molar-refractivity contribution in [2.24, 2.45) is 4.99 Å². The van der Waals surface area contributed by atoms with Gasteiger partial charge in [-0.05, 0) is 57.0 Å². The summed E-state index contributed by atoms with van der Waals surface area (Å²) < 4.78 is 5.59. The van der Waals surface area contributed by atoms with Crippen LogP contribution >= 0.6 is 24.0 Å². The second-order valence-corrected chi connectivity index (χ2v) is 6.26. The van der Waals surface area contributed by atoms with E-state index >= 15 is 0 Å². The lowest BCUT2D eigenvalue weighted by atomic mass is 10.1. The van der Waals surface area contributed by atoms with Crippen molar-refractivity contribution in [3.63, 3.8) is 0 Å². The van der Waals surface area contributed by atoms with Gasteiger partial charge in [-0.1, -0.05) is 19.1 Å². The van der Waals surface area contributed by atoms with Crippen LogP contribution in [0.25, 0.3) is 0 Å². The molecule has 5 nitrogen and oxygen atoms in total. The van der Waals surface area contributed by atoms with Gasteiger partial charge in [-0.3, -0.25) is 9.89 Å². The Kier molecular flexibility index (Phi) is 10.2. The second kappa shape index (κ2) is 11.6. The predicted octanol–water partition coefficient (Wildman–Crippen LogP) is 3.16. The Hall–Kier alpha value is -1.02. The number of halogens is 1. The van der Waals surface area contributed by atoms with E-state index in [0.717, 1.165) is 31.3 Å². The minimum absolute atomic E-state index is 0. The van der Waals surface area contributed by atoms with E-state index in [0.29, 0.717) is 12.6 Å². The maximum atomic E-state index is 5.59. The van der Waals surface area contributed by atoms with Crippen molar-refractivity contribution in [3.05, 3.63) is 29.3 Å². The Balaban J connectivity index is 0.00000312. The minimum Gasteiger partial charge on any atom is -0.494 e. The number of aliphatic imine (C=N–C) groups is 1. The number of aryl methyl sites for hydroxylation is 1. The number of ether oxygens (including phenoxy) is 1. The van der Waals surface area contributed by atoms with Crippen LogP contribution in [-0.4, -0.2) is 50.2 Å². The third-order valence-electron chi connectivity index (χ3n) is 4.63. The molecule has 1 aromatic carbocycles. The number of nitrogens with one attached hydrogen (secondary N) is 2. The lowest BCUT2D eigenvalue weighted by molar-refractivity contribution is 0.267. The van der Waals surface area contributed by atoms with E-state index in [1.807, 2.05) is 20.0 Å². The maximum absolute atomic E-state index is 5.59. The molecule has 0 amide bonds. The van der Waals surface area contributed by atoms with Crippen LogP contribution in [0, 0.1) is 6.92 Å². The average Bonchev–Trinajstić information content (AvgIpc) is 3.05. The van der Waals surface area contributed by atoms with Crippen LogP contribution in [0.1, 0.15) is 37.8 Å². The highest BCUT2D eigenvalue weighted by atomic mass is 127. The van der Waals surface area contributed by atoms with Crippen LogP contribution in [-0.2, 0) is 6.54 Å². The fourth-order valence-corrected chi connectivity index (χ4v) is 3.30. The number of hydrogen-bond acceptors (Lipinski definition) is 3. The van der Waals surface area contributed by atoms with Gasteiger partial charge in [0.25, 0.3) is 0 Å². The highest BCUT2D eigenvalue weighted by Crippen LogP contribution is 2.19. The van der Waals surface area contributed by atoms with Crippen LogP contribution in [0.3, 0.4) is 0 Å². The molecular weight excluding hydrogens is 427 g/mol. The minimum atomic E-state index is 0. The molecule has 1 aliphatic heterocycles. The van der Waals surface area contributed by atoms with Crippen LogP contribution < -0.4 is 15.4 Å². The molecule has 0 spiro atoms. The van der Waals surface area contributed by atoms with Crippen molar-refractivity contribution < 1.29 is 4.74 Å². The van der Waals surface area contributed by atoms with Crippen LogP contribution in [0.15, 0.2) is 23.2 Å². The van der Waals surface area contributed by atoms with Gasteiger partial charge < -0.3 is 15.4 Å². The average molecular weight is 460 g/mol. The molecule has 25 heavy (non-hydrogen) atoms.